The minimum atomic E-state index is -0.481. The summed E-state index contributed by atoms with van der Waals surface area (Å²) >= 11 is 12.6. The van der Waals surface area contributed by atoms with Gasteiger partial charge in [0.15, 0.2) is 10.8 Å². The third-order valence-corrected chi connectivity index (χ3v) is 6.35. The zero-order valence-corrected chi connectivity index (χ0v) is 21.5. The molecule has 1 saturated heterocycles. The van der Waals surface area contributed by atoms with Gasteiger partial charge in [-0.3, -0.25) is 0 Å². The van der Waals surface area contributed by atoms with Crippen molar-refractivity contribution in [1.29, 1.82) is 0 Å². The van der Waals surface area contributed by atoms with Crippen LogP contribution < -0.4 is 15.4 Å². The number of anilines is 2. The predicted molar refractivity (Wildman–Crippen MR) is 138 cm³/mol. The van der Waals surface area contributed by atoms with E-state index in [9.17, 15) is 4.79 Å². The first-order chi connectivity index (χ1) is 17.3. The van der Waals surface area contributed by atoms with Crippen LogP contribution in [0.1, 0.15) is 31.9 Å². The highest BCUT2D eigenvalue weighted by molar-refractivity contribution is 6.33. The van der Waals surface area contributed by atoms with E-state index in [0.717, 1.165) is 25.2 Å². The van der Waals surface area contributed by atoms with Gasteiger partial charge in [0.25, 0.3) is 0 Å². The average molecular weight is 530 g/mol. The highest BCUT2D eigenvalue weighted by Crippen LogP contribution is 2.35. The van der Waals surface area contributed by atoms with E-state index < -0.39 is 6.03 Å². The van der Waals surface area contributed by atoms with E-state index in [1.54, 1.807) is 41.3 Å². The van der Waals surface area contributed by atoms with Gasteiger partial charge in [-0.2, -0.15) is 15.3 Å². The largest absolute Gasteiger partial charge is 0.487 e. The Bertz CT molecular complexity index is 1400. The summed E-state index contributed by atoms with van der Waals surface area (Å²) in [5.74, 6) is 0.508. The SMILES string of the molecule is CC(C)c1c(NC(=O)Nc2cc(Cl)c(-n3nccn3)cc2OC2CCN(C)C2)cnc2cc(Cl)nn12. The molecule has 1 unspecified atom stereocenters. The molecule has 4 heterocycles. The van der Waals surface area contributed by atoms with E-state index in [1.165, 1.54) is 4.80 Å². The zero-order chi connectivity index (χ0) is 25.4. The van der Waals surface area contributed by atoms with Crippen LogP contribution in [0.4, 0.5) is 16.2 Å². The van der Waals surface area contributed by atoms with Gasteiger partial charge >= 0.3 is 6.03 Å². The first-order valence-corrected chi connectivity index (χ1v) is 12.2. The van der Waals surface area contributed by atoms with Gasteiger partial charge in [-0.15, -0.1) is 4.80 Å². The fourth-order valence-electron chi connectivity index (χ4n) is 4.25. The van der Waals surface area contributed by atoms with Gasteiger partial charge < -0.3 is 20.3 Å². The van der Waals surface area contributed by atoms with E-state index in [1.807, 2.05) is 20.9 Å². The second kappa shape index (κ2) is 9.92. The van der Waals surface area contributed by atoms with Crippen LogP contribution in [0.2, 0.25) is 10.2 Å². The molecule has 3 aromatic heterocycles. The first kappa shape index (κ1) is 24.3. The van der Waals surface area contributed by atoms with Crippen molar-refractivity contribution in [3.05, 3.63) is 52.7 Å². The van der Waals surface area contributed by atoms with Gasteiger partial charge in [0, 0.05) is 25.2 Å². The van der Waals surface area contributed by atoms with Crippen LogP contribution in [-0.4, -0.2) is 66.8 Å². The van der Waals surface area contributed by atoms with Crippen LogP contribution >= 0.6 is 23.2 Å². The van der Waals surface area contributed by atoms with Crippen molar-refractivity contribution < 1.29 is 9.53 Å². The maximum atomic E-state index is 13.1. The average Bonchev–Trinajstić information content (AvgIpc) is 3.56. The highest BCUT2D eigenvalue weighted by atomic mass is 35.5. The fourth-order valence-corrected chi connectivity index (χ4v) is 4.67. The van der Waals surface area contributed by atoms with Gasteiger partial charge in [-0.25, -0.2) is 14.3 Å². The summed E-state index contributed by atoms with van der Waals surface area (Å²) in [6.45, 7) is 5.71. The molecule has 0 radical (unpaired) electrons. The maximum absolute atomic E-state index is 13.1. The maximum Gasteiger partial charge on any atom is 0.323 e. The lowest BCUT2D eigenvalue weighted by molar-refractivity contribution is 0.209. The monoisotopic (exact) mass is 529 g/mol. The lowest BCUT2D eigenvalue weighted by Crippen LogP contribution is -2.24. The van der Waals surface area contributed by atoms with Gasteiger partial charge in [0.05, 0.1) is 40.7 Å². The van der Waals surface area contributed by atoms with Crippen LogP contribution in [0, 0.1) is 0 Å². The molecule has 1 atom stereocenters. The summed E-state index contributed by atoms with van der Waals surface area (Å²) < 4.78 is 7.93. The normalized spacial score (nSPS) is 16.1. The highest BCUT2D eigenvalue weighted by Gasteiger charge is 2.24. The number of carbonyl (C=O) groups is 1. The lowest BCUT2D eigenvalue weighted by Gasteiger charge is -2.20. The molecule has 0 aliphatic carbocycles. The van der Waals surface area contributed by atoms with Gasteiger partial charge in [0.1, 0.15) is 17.5 Å². The number of ether oxygens (including phenoxy) is 1. The van der Waals surface area contributed by atoms with Crippen LogP contribution in [0.15, 0.2) is 36.8 Å². The van der Waals surface area contributed by atoms with Crippen molar-refractivity contribution in [3.8, 4) is 11.4 Å². The number of fused-ring (bicyclic) bond motifs is 1. The summed E-state index contributed by atoms with van der Waals surface area (Å²) in [5, 5.41) is 19.1. The number of likely N-dealkylation sites (tertiary alicyclic amines) is 1. The Morgan fingerprint density at radius 3 is 2.58 bits per heavy atom. The van der Waals surface area contributed by atoms with Crippen molar-refractivity contribution in [2.24, 2.45) is 0 Å². The molecule has 2 N–H and O–H groups in total. The summed E-state index contributed by atoms with van der Waals surface area (Å²) in [4.78, 5) is 21.1. The molecule has 1 aliphatic heterocycles. The first-order valence-electron chi connectivity index (χ1n) is 11.5. The molecule has 0 saturated carbocycles. The number of benzene rings is 1. The number of urea groups is 1. The molecule has 4 aromatic rings. The molecule has 0 bridgehead atoms. The Morgan fingerprint density at radius 1 is 1.14 bits per heavy atom. The topological polar surface area (TPSA) is 114 Å². The van der Waals surface area contributed by atoms with Crippen molar-refractivity contribution in [2.45, 2.75) is 32.3 Å². The van der Waals surface area contributed by atoms with Crippen molar-refractivity contribution in [2.75, 3.05) is 30.8 Å². The summed E-state index contributed by atoms with van der Waals surface area (Å²) in [6, 6.07) is 4.55. The number of nitrogens with zero attached hydrogens (tertiary/aromatic N) is 7. The molecule has 0 spiro atoms. The predicted octanol–water partition coefficient (Wildman–Crippen LogP) is 4.47. The van der Waals surface area contributed by atoms with Crippen LogP contribution in [-0.2, 0) is 0 Å². The minimum Gasteiger partial charge on any atom is -0.487 e. The molecule has 36 heavy (non-hydrogen) atoms. The van der Waals surface area contributed by atoms with E-state index in [-0.39, 0.29) is 12.0 Å². The molecule has 11 nitrogen and oxygen atoms in total. The van der Waals surface area contributed by atoms with Crippen molar-refractivity contribution >= 4 is 46.3 Å². The Hall–Kier alpha value is -3.41. The van der Waals surface area contributed by atoms with Crippen LogP contribution in [0.3, 0.4) is 0 Å². The van der Waals surface area contributed by atoms with E-state index in [4.69, 9.17) is 27.9 Å². The van der Waals surface area contributed by atoms with E-state index in [2.05, 4.69) is 35.8 Å². The molecular weight excluding hydrogens is 505 g/mol. The summed E-state index contributed by atoms with van der Waals surface area (Å²) in [5.41, 5.74) is 2.84. The second-order valence-corrected chi connectivity index (χ2v) is 9.73. The third-order valence-electron chi connectivity index (χ3n) is 5.86. The number of hydrogen-bond acceptors (Lipinski definition) is 7. The molecule has 1 aromatic carbocycles. The Morgan fingerprint density at radius 2 is 1.89 bits per heavy atom. The number of aromatic nitrogens is 6. The number of amides is 2. The summed E-state index contributed by atoms with van der Waals surface area (Å²) in [7, 11) is 2.04. The summed E-state index contributed by atoms with van der Waals surface area (Å²) in [6.07, 6.45) is 5.56. The Labute approximate surface area is 217 Å². The number of halogens is 2. The number of carbonyl (C=O) groups excluding carboxylic acids is 1. The van der Waals surface area contributed by atoms with Crippen molar-refractivity contribution in [1.82, 2.24) is 34.5 Å². The fraction of sp³-hybridized carbons (Fsp3) is 0.348. The van der Waals surface area contributed by atoms with E-state index in [0.29, 0.717) is 38.6 Å². The Balaban J connectivity index is 1.44. The quantitative estimate of drug-likeness (QED) is 0.378. The molecule has 1 aliphatic rings. The van der Waals surface area contributed by atoms with Crippen LogP contribution in [0.25, 0.3) is 11.3 Å². The molecular formula is C23H25Cl2N9O2. The number of rotatable bonds is 6. The second-order valence-electron chi connectivity index (χ2n) is 8.94. The van der Waals surface area contributed by atoms with Gasteiger partial charge in [0.2, 0.25) is 0 Å². The number of likely N-dealkylation sites (N-methyl/N-ethyl adjacent to an activating group) is 1. The standard InChI is InChI=1S/C23H25Cl2N9O2/c1-13(2)22-17(11-26-21-10-20(25)31-33(21)22)30-23(35)29-16-8-15(24)18(34-27-5-6-28-34)9-19(16)36-14-4-7-32(3)12-14/h5-6,8-11,13-14H,4,7,12H2,1-3H3,(H2,29,30,35). The van der Waals surface area contributed by atoms with Gasteiger partial charge in [-0.05, 0) is 25.5 Å². The molecule has 1 fully saturated rings. The lowest BCUT2D eigenvalue weighted by atomic mass is 10.1. The number of hydrogen-bond donors (Lipinski definition) is 2. The molecule has 13 heteroatoms. The zero-order valence-electron chi connectivity index (χ0n) is 19.9. The minimum absolute atomic E-state index is 0.0260. The van der Waals surface area contributed by atoms with Crippen LogP contribution in [0.5, 0.6) is 5.75 Å². The van der Waals surface area contributed by atoms with E-state index >= 15 is 0 Å². The number of nitrogens with one attached hydrogen (secondary N) is 2. The molecule has 188 valence electrons. The van der Waals surface area contributed by atoms with Crippen molar-refractivity contribution in [3.63, 3.8) is 0 Å². The third kappa shape index (κ3) is 4.95. The Kier molecular flexibility index (Phi) is 6.69. The molecule has 2 amide bonds. The smallest absolute Gasteiger partial charge is 0.323 e. The van der Waals surface area contributed by atoms with Gasteiger partial charge in [-0.1, -0.05) is 37.0 Å². The molecule has 5 rings (SSSR count).